The van der Waals surface area contributed by atoms with Crippen molar-refractivity contribution in [2.45, 2.75) is 62.2 Å². The third kappa shape index (κ3) is 7.00. The maximum absolute atomic E-state index is 13.4. The molecule has 0 unspecified atom stereocenters. The summed E-state index contributed by atoms with van der Waals surface area (Å²) in [4.78, 5) is 26.6. The van der Waals surface area contributed by atoms with Crippen LogP contribution in [0.3, 0.4) is 0 Å². The molecule has 2 aromatic rings. The average Bonchev–Trinajstić information content (AvgIpc) is 3.67. The quantitative estimate of drug-likeness (QED) is 0.463. The van der Waals surface area contributed by atoms with Crippen molar-refractivity contribution in [2.75, 3.05) is 19.7 Å². The Morgan fingerprint density at radius 3 is 2.31 bits per heavy atom. The largest absolute Gasteiger partial charge is 0.493 e. The minimum atomic E-state index is -4.27. The summed E-state index contributed by atoms with van der Waals surface area (Å²) >= 11 is 0. The molecule has 0 aromatic heterocycles. The Labute approximate surface area is 209 Å². The fourth-order valence-electron chi connectivity index (χ4n) is 4.55. The van der Waals surface area contributed by atoms with Crippen LogP contribution < -0.4 is 20.7 Å². The smallest absolute Gasteiger partial charge is 0.392 e. The first-order valence-corrected chi connectivity index (χ1v) is 12.4. The predicted molar refractivity (Wildman–Crippen MR) is 130 cm³/mol. The summed E-state index contributed by atoms with van der Waals surface area (Å²) in [5.74, 6) is -0.0829. The van der Waals surface area contributed by atoms with E-state index in [-0.39, 0.29) is 17.9 Å². The lowest BCUT2D eigenvalue weighted by atomic mass is 9.93. The lowest BCUT2D eigenvalue weighted by Crippen LogP contribution is -2.54. The van der Waals surface area contributed by atoms with Crippen LogP contribution in [0.15, 0.2) is 54.6 Å². The molecule has 9 heteroatoms. The normalized spacial score (nSPS) is 18.2. The maximum Gasteiger partial charge on any atom is 0.392 e. The van der Waals surface area contributed by atoms with Crippen molar-refractivity contribution in [3.63, 3.8) is 0 Å². The zero-order chi connectivity index (χ0) is 25.6. The standard InChI is InChI=1S/C27H32F3N3O3/c28-27(29,30)14-17-36-22-8-6-20(7-9-22)26(12-13-26)25(35)33-23(18-19-4-2-1-3-5-19)24(34)32-21-10-15-31-16-11-21/h1-9,21,23,31H,10-18H2,(H,32,34)(H,33,35)/t23-/m0/s1. The zero-order valence-corrected chi connectivity index (χ0v) is 20.1. The fourth-order valence-corrected chi connectivity index (χ4v) is 4.55. The second-order valence-electron chi connectivity index (χ2n) is 9.57. The van der Waals surface area contributed by atoms with Crippen molar-refractivity contribution in [1.82, 2.24) is 16.0 Å². The Morgan fingerprint density at radius 2 is 1.69 bits per heavy atom. The van der Waals surface area contributed by atoms with Gasteiger partial charge in [-0.25, -0.2) is 0 Å². The SMILES string of the molecule is O=C(NC1CCNCC1)[C@H](Cc1ccccc1)NC(=O)C1(c2ccc(OCCC(F)(F)F)cc2)CC1. The van der Waals surface area contributed by atoms with Crippen molar-refractivity contribution in [3.05, 3.63) is 65.7 Å². The second-order valence-corrected chi connectivity index (χ2v) is 9.57. The van der Waals surface area contributed by atoms with Gasteiger partial charge >= 0.3 is 6.18 Å². The number of benzene rings is 2. The summed E-state index contributed by atoms with van der Waals surface area (Å²) in [5.41, 5.74) is 0.975. The number of hydrogen-bond acceptors (Lipinski definition) is 4. The highest BCUT2D eigenvalue weighted by Gasteiger charge is 2.52. The number of halogens is 3. The summed E-state index contributed by atoms with van der Waals surface area (Å²) < 4.78 is 42.2. The molecule has 1 heterocycles. The molecule has 4 rings (SSSR count). The van der Waals surface area contributed by atoms with Gasteiger partial charge in [-0.1, -0.05) is 42.5 Å². The third-order valence-electron chi connectivity index (χ3n) is 6.84. The van der Waals surface area contributed by atoms with Crippen LogP contribution in [0.2, 0.25) is 0 Å². The van der Waals surface area contributed by atoms with Gasteiger partial charge in [0.25, 0.3) is 0 Å². The highest BCUT2D eigenvalue weighted by Crippen LogP contribution is 2.48. The van der Waals surface area contributed by atoms with Gasteiger partial charge in [0.15, 0.2) is 0 Å². The summed E-state index contributed by atoms with van der Waals surface area (Å²) in [7, 11) is 0. The summed E-state index contributed by atoms with van der Waals surface area (Å²) in [5, 5.41) is 9.38. The molecule has 3 N–H and O–H groups in total. The van der Waals surface area contributed by atoms with E-state index >= 15 is 0 Å². The van der Waals surface area contributed by atoms with Gasteiger partial charge in [0.1, 0.15) is 11.8 Å². The van der Waals surface area contributed by atoms with Gasteiger partial charge in [-0.3, -0.25) is 9.59 Å². The van der Waals surface area contributed by atoms with Crippen LogP contribution in [-0.2, 0) is 21.4 Å². The van der Waals surface area contributed by atoms with E-state index in [0.29, 0.717) is 25.0 Å². The molecular weight excluding hydrogens is 471 g/mol. The first-order valence-electron chi connectivity index (χ1n) is 12.4. The van der Waals surface area contributed by atoms with Crippen LogP contribution in [-0.4, -0.2) is 49.8 Å². The molecule has 0 spiro atoms. The molecule has 2 fully saturated rings. The van der Waals surface area contributed by atoms with E-state index in [9.17, 15) is 22.8 Å². The zero-order valence-electron chi connectivity index (χ0n) is 20.1. The molecule has 2 amide bonds. The monoisotopic (exact) mass is 503 g/mol. The summed E-state index contributed by atoms with van der Waals surface area (Å²) in [6.45, 7) is 1.24. The lowest BCUT2D eigenvalue weighted by molar-refractivity contribution is -0.139. The molecule has 2 aliphatic rings. The number of alkyl halides is 3. The number of carbonyl (C=O) groups is 2. The first kappa shape index (κ1) is 26.0. The molecule has 1 saturated carbocycles. The van der Waals surface area contributed by atoms with Gasteiger partial charge < -0.3 is 20.7 Å². The minimum absolute atomic E-state index is 0.0775. The fraction of sp³-hybridized carbons (Fsp3) is 0.481. The highest BCUT2D eigenvalue weighted by molar-refractivity contribution is 5.95. The first-order chi connectivity index (χ1) is 17.2. The molecular formula is C27H32F3N3O3. The molecule has 6 nitrogen and oxygen atoms in total. The van der Waals surface area contributed by atoms with E-state index in [1.807, 2.05) is 30.3 Å². The maximum atomic E-state index is 13.4. The van der Waals surface area contributed by atoms with Gasteiger partial charge in [-0.2, -0.15) is 13.2 Å². The van der Waals surface area contributed by atoms with Crippen LogP contribution in [0.4, 0.5) is 13.2 Å². The lowest BCUT2D eigenvalue weighted by Gasteiger charge is -2.27. The number of piperidine rings is 1. The molecule has 2 aromatic carbocycles. The van der Waals surface area contributed by atoms with Crippen LogP contribution in [0.1, 0.15) is 43.2 Å². The number of ether oxygens (including phenoxy) is 1. The molecule has 1 saturated heterocycles. The average molecular weight is 504 g/mol. The number of nitrogens with one attached hydrogen (secondary N) is 3. The summed E-state index contributed by atoms with van der Waals surface area (Å²) in [6, 6.07) is 15.6. The number of rotatable bonds is 10. The van der Waals surface area contributed by atoms with E-state index in [0.717, 1.165) is 37.1 Å². The third-order valence-corrected chi connectivity index (χ3v) is 6.84. The molecule has 1 atom stereocenters. The van der Waals surface area contributed by atoms with E-state index < -0.39 is 30.7 Å². The molecule has 0 bridgehead atoms. The van der Waals surface area contributed by atoms with Gasteiger partial charge in [-0.05, 0) is 62.0 Å². The minimum Gasteiger partial charge on any atom is -0.493 e. The van der Waals surface area contributed by atoms with Crippen LogP contribution in [0.25, 0.3) is 0 Å². The second kappa shape index (κ2) is 11.3. The molecule has 194 valence electrons. The van der Waals surface area contributed by atoms with E-state index in [1.165, 1.54) is 0 Å². The number of carbonyl (C=O) groups excluding carboxylic acids is 2. The topological polar surface area (TPSA) is 79.5 Å². The summed E-state index contributed by atoms with van der Waals surface area (Å²) in [6.07, 6.45) is -1.94. The molecule has 36 heavy (non-hydrogen) atoms. The van der Waals surface area contributed by atoms with Gasteiger partial charge in [0, 0.05) is 12.5 Å². The van der Waals surface area contributed by atoms with Crippen molar-refractivity contribution in [3.8, 4) is 5.75 Å². The van der Waals surface area contributed by atoms with E-state index in [1.54, 1.807) is 24.3 Å². The van der Waals surface area contributed by atoms with Gasteiger partial charge in [-0.15, -0.1) is 0 Å². The van der Waals surface area contributed by atoms with Crippen LogP contribution >= 0.6 is 0 Å². The molecule has 1 aliphatic carbocycles. The van der Waals surface area contributed by atoms with Gasteiger partial charge in [0.2, 0.25) is 11.8 Å². The Hall–Kier alpha value is -3.07. The highest BCUT2D eigenvalue weighted by atomic mass is 19.4. The Morgan fingerprint density at radius 1 is 1.03 bits per heavy atom. The molecule has 0 radical (unpaired) electrons. The van der Waals surface area contributed by atoms with Crippen LogP contribution in [0.5, 0.6) is 5.75 Å². The molecule has 1 aliphatic heterocycles. The number of amides is 2. The van der Waals surface area contributed by atoms with E-state index in [2.05, 4.69) is 16.0 Å². The Kier molecular flexibility index (Phi) is 8.18. The number of hydrogen-bond donors (Lipinski definition) is 3. The van der Waals surface area contributed by atoms with E-state index in [4.69, 9.17) is 4.74 Å². The van der Waals surface area contributed by atoms with Crippen molar-refractivity contribution in [2.24, 2.45) is 0 Å². The Balaban J connectivity index is 1.42. The van der Waals surface area contributed by atoms with Crippen molar-refractivity contribution in [1.29, 1.82) is 0 Å². The van der Waals surface area contributed by atoms with Crippen molar-refractivity contribution >= 4 is 11.8 Å². The van der Waals surface area contributed by atoms with Crippen molar-refractivity contribution < 1.29 is 27.5 Å². The van der Waals surface area contributed by atoms with Gasteiger partial charge in [0.05, 0.1) is 18.4 Å². The predicted octanol–water partition coefficient (Wildman–Crippen LogP) is 3.65. The Bertz CT molecular complexity index is 1020. The van der Waals surface area contributed by atoms with Crippen LogP contribution in [0, 0.1) is 0 Å².